The third-order valence-electron chi connectivity index (χ3n) is 2.54. The van der Waals surface area contributed by atoms with Crippen molar-refractivity contribution < 1.29 is 9.18 Å². The van der Waals surface area contributed by atoms with E-state index in [1.54, 1.807) is 30.5 Å². The fourth-order valence-electron chi connectivity index (χ4n) is 1.57. The maximum absolute atomic E-state index is 12.7. The van der Waals surface area contributed by atoms with E-state index < -0.39 is 0 Å². The Labute approximate surface area is 105 Å². The predicted octanol–water partition coefficient (Wildman–Crippen LogP) is 2.19. The Bertz CT molecular complexity index is 511. The van der Waals surface area contributed by atoms with Crippen LogP contribution < -0.4 is 5.32 Å². The molecule has 0 bridgehead atoms. The first kappa shape index (κ1) is 12.2. The molecule has 2 rings (SSSR count). The van der Waals surface area contributed by atoms with Crippen molar-refractivity contribution in [2.75, 3.05) is 6.54 Å². The number of hydrogen-bond donors (Lipinski definition) is 1. The minimum absolute atomic E-state index is 0.148. The standard InChI is InChI=1S/C14H13FN2O/c15-13-5-3-11(4-6-13)7-9-17-14(18)12-2-1-8-16-10-12/h1-6,8,10H,7,9H2,(H,17,18). The highest BCUT2D eigenvalue weighted by Gasteiger charge is 2.03. The average molecular weight is 244 g/mol. The number of carbonyl (C=O) groups excluding carboxylic acids is 1. The summed E-state index contributed by atoms with van der Waals surface area (Å²) in [5.74, 6) is -0.400. The number of rotatable bonds is 4. The molecule has 0 spiro atoms. The van der Waals surface area contributed by atoms with Crippen LogP contribution in [0, 0.1) is 5.82 Å². The summed E-state index contributed by atoms with van der Waals surface area (Å²) in [6.45, 7) is 0.513. The highest BCUT2D eigenvalue weighted by Crippen LogP contribution is 2.03. The van der Waals surface area contributed by atoms with Gasteiger partial charge in [0.1, 0.15) is 5.82 Å². The zero-order valence-corrected chi connectivity index (χ0v) is 9.77. The van der Waals surface area contributed by atoms with Crippen LogP contribution in [0.1, 0.15) is 15.9 Å². The number of carbonyl (C=O) groups is 1. The van der Waals surface area contributed by atoms with E-state index in [-0.39, 0.29) is 11.7 Å². The van der Waals surface area contributed by atoms with Crippen molar-refractivity contribution in [3.8, 4) is 0 Å². The molecule has 1 aromatic carbocycles. The van der Waals surface area contributed by atoms with Gasteiger partial charge in [0.25, 0.3) is 5.91 Å². The third-order valence-corrected chi connectivity index (χ3v) is 2.54. The average Bonchev–Trinajstić information content (AvgIpc) is 2.42. The Kier molecular flexibility index (Phi) is 4.02. The van der Waals surface area contributed by atoms with Crippen molar-refractivity contribution >= 4 is 5.91 Å². The first-order chi connectivity index (χ1) is 8.75. The van der Waals surface area contributed by atoms with Gasteiger partial charge >= 0.3 is 0 Å². The van der Waals surface area contributed by atoms with E-state index in [4.69, 9.17) is 0 Å². The van der Waals surface area contributed by atoms with Gasteiger partial charge in [0.2, 0.25) is 0 Å². The Hall–Kier alpha value is -2.23. The van der Waals surface area contributed by atoms with Crippen LogP contribution in [0.4, 0.5) is 4.39 Å². The maximum atomic E-state index is 12.7. The molecule has 0 aliphatic heterocycles. The number of hydrogen-bond acceptors (Lipinski definition) is 2. The number of pyridine rings is 1. The molecule has 0 atom stereocenters. The van der Waals surface area contributed by atoms with E-state index in [1.165, 1.54) is 18.3 Å². The molecular formula is C14H13FN2O. The number of halogens is 1. The fraction of sp³-hybridized carbons (Fsp3) is 0.143. The molecule has 0 saturated carbocycles. The highest BCUT2D eigenvalue weighted by atomic mass is 19.1. The van der Waals surface area contributed by atoms with E-state index in [9.17, 15) is 9.18 Å². The summed E-state index contributed by atoms with van der Waals surface area (Å²) in [5, 5.41) is 2.79. The summed E-state index contributed by atoms with van der Waals surface area (Å²) in [6.07, 6.45) is 3.81. The Morgan fingerprint density at radius 1 is 1.22 bits per heavy atom. The molecule has 0 aliphatic carbocycles. The lowest BCUT2D eigenvalue weighted by molar-refractivity contribution is 0.0954. The van der Waals surface area contributed by atoms with Crippen molar-refractivity contribution in [3.63, 3.8) is 0 Å². The van der Waals surface area contributed by atoms with Crippen LogP contribution in [0.2, 0.25) is 0 Å². The van der Waals surface area contributed by atoms with Crippen molar-refractivity contribution in [2.24, 2.45) is 0 Å². The maximum Gasteiger partial charge on any atom is 0.252 e. The molecule has 4 heteroatoms. The number of nitrogens with zero attached hydrogens (tertiary/aromatic N) is 1. The number of aromatic nitrogens is 1. The van der Waals surface area contributed by atoms with Crippen molar-refractivity contribution in [1.29, 1.82) is 0 Å². The van der Waals surface area contributed by atoms with Gasteiger partial charge in [-0.2, -0.15) is 0 Å². The normalized spacial score (nSPS) is 10.1. The monoisotopic (exact) mass is 244 g/mol. The van der Waals surface area contributed by atoms with E-state index in [0.717, 1.165) is 5.56 Å². The summed E-state index contributed by atoms with van der Waals surface area (Å²) < 4.78 is 12.7. The molecule has 18 heavy (non-hydrogen) atoms. The zero-order valence-electron chi connectivity index (χ0n) is 9.77. The second-order valence-electron chi connectivity index (χ2n) is 3.87. The van der Waals surface area contributed by atoms with Crippen LogP contribution in [-0.2, 0) is 6.42 Å². The lowest BCUT2D eigenvalue weighted by atomic mass is 10.1. The molecule has 1 N–H and O–H groups in total. The molecule has 1 heterocycles. The summed E-state index contributed by atoms with van der Waals surface area (Å²) >= 11 is 0. The minimum atomic E-state index is -0.252. The van der Waals surface area contributed by atoms with Crippen LogP contribution in [0.25, 0.3) is 0 Å². The van der Waals surface area contributed by atoms with Crippen molar-refractivity contribution in [3.05, 3.63) is 65.7 Å². The minimum Gasteiger partial charge on any atom is -0.352 e. The Morgan fingerprint density at radius 2 is 2.00 bits per heavy atom. The molecule has 2 aromatic rings. The van der Waals surface area contributed by atoms with Crippen LogP contribution in [0.15, 0.2) is 48.8 Å². The molecule has 0 saturated heterocycles. The van der Waals surface area contributed by atoms with Gasteiger partial charge in [-0.3, -0.25) is 9.78 Å². The largest absolute Gasteiger partial charge is 0.352 e. The second-order valence-corrected chi connectivity index (χ2v) is 3.87. The molecule has 0 unspecified atom stereocenters. The molecule has 92 valence electrons. The fourth-order valence-corrected chi connectivity index (χ4v) is 1.57. The Balaban J connectivity index is 1.82. The van der Waals surface area contributed by atoms with Crippen molar-refractivity contribution in [2.45, 2.75) is 6.42 Å². The first-order valence-corrected chi connectivity index (χ1v) is 5.68. The van der Waals surface area contributed by atoms with Crippen molar-refractivity contribution in [1.82, 2.24) is 10.3 Å². The molecule has 1 amide bonds. The third kappa shape index (κ3) is 3.38. The SMILES string of the molecule is O=C(NCCc1ccc(F)cc1)c1cccnc1. The first-order valence-electron chi connectivity index (χ1n) is 5.68. The molecule has 0 aliphatic rings. The summed E-state index contributed by atoms with van der Waals surface area (Å²) in [6, 6.07) is 9.68. The predicted molar refractivity (Wildman–Crippen MR) is 66.7 cm³/mol. The van der Waals surface area contributed by atoms with E-state index in [0.29, 0.717) is 18.5 Å². The molecule has 0 fully saturated rings. The van der Waals surface area contributed by atoms with Gasteiger partial charge < -0.3 is 5.32 Å². The van der Waals surface area contributed by atoms with Crippen LogP contribution in [0.3, 0.4) is 0 Å². The quantitative estimate of drug-likeness (QED) is 0.895. The highest BCUT2D eigenvalue weighted by molar-refractivity contribution is 5.93. The van der Waals surface area contributed by atoms with Gasteiger partial charge in [0.05, 0.1) is 5.56 Å². The summed E-state index contributed by atoms with van der Waals surface area (Å²) in [5.41, 5.74) is 1.53. The second kappa shape index (κ2) is 5.91. The van der Waals surface area contributed by atoms with Crippen LogP contribution in [0.5, 0.6) is 0 Å². The topological polar surface area (TPSA) is 42.0 Å². The van der Waals surface area contributed by atoms with E-state index in [2.05, 4.69) is 10.3 Å². The van der Waals surface area contributed by atoms with Gasteiger partial charge in [-0.05, 0) is 36.2 Å². The van der Waals surface area contributed by atoms with Gasteiger partial charge in [-0.15, -0.1) is 0 Å². The smallest absolute Gasteiger partial charge is 0.252 e. The van der Waals surface area contributed by atoms with Gasteiger partial charge in [-0.1, -0.05) is 12.1 Å². The molecule has 0 radical (unpaired) electrons. The number of nitrogens with one attached hydrogen (secondary N) is 1. The Morgan fingerprint density at radius 3 is 2.67 bits per heavy atom. The number of benzene rings is 1. The summed E-state index contributed by atoms with van der Waals surface area (Å²) in [7, 11) is 0. The lowest BCUT2D eigenvalue weighted by Gasteiger charge is -2.05. The van der Waals surface area contributed by atoms with Gasteiger partial charge in [0.15, 0.2) is 0 Å². The molecule has 3 nitrogen and oxygen atoms in total. The van der Waals surface area contributed by atoms with Gasteiger partial charge in [-0.25, -0.2) is 4.39 Å². The lowest BCUT2D eigenvalue weighted by Crippen LogP contribution is -2.25. The van der Waals surface area contributed by atoms with Crippen LogP contribution in [-0.4, -0.2) is 17.4 Å². The number of amides is 1. The molecule has 1 aromatic heterocycles. The summed E-state index contributed by atoms with van der Waals surface area (Å²) in [4.78, 5) is 15.6. The van der Waals surface area contributed by atoms with E-state index >= 15 is 0 Å². The molecular weight excluding hydrogens is 231 g/mol. The van der Waals surface area contributed by atoms with Gasteiger partial charge in [0, 0.05) is 18.9 Å². The zero-order chi connectivity index (χ0) is 12.8. The van der Waals surface area contributed by atoms with Crippen LogP contribution >= 0.6 is 0 Å². The van der Waals surface area contributed by atoms with E-state index in [1.807, 2.05) is 0 Å².